The monoisotopic (exact) mass is 512 g/mol. The van der Waals surface area contributed by atoms with Crippen LogP contribution in [0.1, 0.15) is 15.9 Å². The maximum Gasteiger partial charge on any atom is 0.573 e. The normalized spacial score (nSPS) is 13.8. The van der Waals surface area contributed by atoms with E-state index in [-0.39, 0.29) is 36.9 Å². The number of fused-ring (bicyclic) bond motifs is 2. The summed E-state index contributed by atoms with van der Waals surface area (Å²) in [4.78, 5) is 16.5. The molecule has 5 rings (SSSR count). The number of para-hydroxylation sites is 1. The Bertz CT molecular complexity index is 1420. The van der Waals surface area contributed by atoms with Gasteiger partial charge >= 0.3 is 6.36 Å². The van der Waals surface area contributed by atoms with E-state index < -0.39 is 18.3 Å². The van der Waals surface area contributed by atoms with E-state index >= 15 is 0 Å². The van der Waals surface area contributed by atoms with Crippen LogP contribution in [0.2, 0.25) is 0 Å². The maximum atomic E-state index is 13.4. The van der Waals surface area contributed by atoms with Gasteiger partial charge in [-0.25, -0.2) is 0 Å². The second kappa shape index (κ2) is 10.1. The molecule has 0 radical (unpaired) electrons. The second-order valence-electron chi connectivity index (χ2n) is 8.54. The third-order valence-corrected chi connectivity index (χ3v) is 6.00. The first-order valence-electron chi connectivity index (χ1n) is 11.6. The molecular weight excluding hydrogens is 489 g/mol. The fourth-order valence-electron chi connectivity index (χ4n) is 4.33. The molecule has 1 amide bonds. The summed E-state index contributed by atoms with van der Waals surface area (Å²) < 4.78 is 52.9. The fourth-order valence-corrected chi connectivity index (χ4v) is 4.33. The molecule has 0 bridgehead atoms. The van der Waals surface area contributed by atoms with E-state index in [1.807, 2.05) is 30.5 Å². The number of carbonyl (C=O) groups is 1. The largest absolute Gasteiger partial charge is 0.573 e. The smallest absolute Gasteiger partial charge is 0.486 e. The molecule has 0 saturated carbocycles. The molecule has 0 spiro atoms. The molecule has 0 saturated heterocycles. The van der Waals surface area contributed by atoms with Crippen molar-refractivity contribution >= 4 is 16.8 Å². The molecule has 10 heteroatoms. The minimum absolute atomic E-state index is 0.195. The molecule has 1 aromatic heterocycles. The van der Waals surface area contributed by atoms with Crippen molar-refractivity contribution in [2.24, 2.45) is 0 Å². The highest BCUT2D eigenvalue weighted by atomic mass is 19.4. The van der Waals surface area contributed by atoms with Gasteiger partial charge in [0.1, 0.15) is 19.0 Å². The number of amides is 1. The van der Waals surface area contributed by atoms with Crippen LogP contribution in [0, 0.1) is 0 Å². The van der Waals surface area contributed by atoms with Gasteiger partial charge in [0.25, 0.3) is 5.91 Å². The Balaban J connectivity index is 1.41. The number of aromatic amines is 1. The van der Waals surface area contributed by atoms with Crippen molar-refractivity contribution in [2.45, 2.75) is 18.8 Å². The van der Waals surface area contributed by atoms with Gasteiger partial charge < -0.3 is 29.6 Å². The number of ether oxygens (including phenoxy) is 3. The van der Waals surface area contributed by atoms with E-state index in [9.17, 15) is 23.1 Å². The number of aromatic nitrogens is 1. The summed E-state index contributed by atoms with van der Waals surface area (Å²) in [5.74, 6) is -0.204. The van der Waals surface area contributed by atoms with E-state index in [4.69, 9.17) is 9.47 Å². The van der Waals surface area contributed by atoms with Crippen molar-refractivity contribution in [3.63, 3.8) is 0 Å². The van der Waals surface area contributed by atoms with Gasteiger partial charge in [0.2, 0.25) is 0 Å². The van der Waals surface area contributed by atoms with Crippen LogP contribution in [-0.4, -0.2) is 48.2 Å². The number of alkyl halides is 3. The highest BCUT2D eigenvalue weighted by molar-refractivity contribution is 5.99. The molecule has 0 fully saturated rings. The van der Waals surface area contributed by atoms with Crippen LogP contribution in [0.3, 0.4) is 0 Å². The van der Waals surface area contributed by atoms with Crippen LogP contribution in [-0.2, 0) is 6.42 Å². The number of hydrogen-bond acceptors (Lipinski definition) is 5. The lowest BCUT2D eigenvalue weighted by atomic mass is 10.00. The van der Waals surface area contributed by atoms with Gasteiger partial charge in [-0.05, 0) is 53.4 Å². The molecule has 7 nitrogen and oxygen atoms in total. The van der Waals surface area contributed by atoms with Gasteiger partial charge in [-0.2, -0.15) is 0 Å². The number of aliphatic hydroxyl groups excluding tert-OH is 1. The number of carbonyl (C=O) groups excluding carboxylic acids is 1. The van der Waals surface area contributed by atoms with Gasteiger partial charge in [0, 0.05) is 17.1 Å². The Kier molecular flexibility index (Phi) is 6.66. The number of H-pyrrole nitrogens is 1. The molecule has 4 aromatic rings. The minimum Gasteiger partial charge on any atom is -0.486 e. The van der Waals surface area contributed by atoms with E-state index in [0.717, 1.165) is 16.5 Å². The van der Waals surface area contributed by atoms with E-state index in [1.54, 1.807) is 12.1 Å². The standard InChI is InChI=1S/C27H23F3N2O5/c28-27(29,30)37-20-7-5-16(6-8-20)17-12-22(25-24(13-17)35-9-10-36-25)26(34)32-19(15-33)11-18-14-31-23-4-2-1-3-21(18)23/h1-8,12-14,19,31,33H,9-11,15H2,(H,32,34)/t19-/m1/s1. The summed E-state index contributed by atoms with van der Waals surface area (Å²) in [5.41, 5.74) is 3.20. The fraction of sp³-hybridized carbons (Fsp3) is 0.222. The number of rotatable bonds is 7. The zero-order chi connectivity index (χ0) is 26.0. The zero-order valence-electron chi connectivity index (χ0n) is 19.5. The number of nitrogens with one attached hydrogen (secondary N) is 2. The Morgan fingerprint density at radius 2 is 1.81 bits per heavy atom. The molecule has 1 aliphatic heterocycles. The first-order chi connectivity index (χ1) is 17.8. The molecule has 2 heterocycles. The van der Waals surface area contributed by atoms with Crippen molar-refractivity contribution < 1.29 is 37.3 Å². The van der Waals surface area contributed by atoms with Crippen molar-refractivity contribution in [2.75, 3.05) is 19.8 Å². The summed E-state index contributed by atoms with van der Waals surface area (Å²) in [5, 5.41) is 13.9. The number of hydrogen-bond donors (Lipinski definition) is 3. The quantitative estimate of drug-likeness (QED) is 0.330. The average Bonchev–Trinajstić information content (AvgIpc) is 3.29. The summed E-state index contributed by atoms with van der Waals surface area (Å²) >= 11 is 0. The van der Waals surface area contributed by atoms with Gasteiger partial charge in [-0.1, -0.05) is 30.3 Å². The second-order valence-corrected chi connectivity index (χ2v) is 8.54. The van der Waals surface area contributed by atoms with Crippen LogP contribution < -0.4 is 19.5 Å². The Hall–Kier alpha value is -4.18. The van der Waals surface area contributed by atoms with E-state index in [1.165, 1.54) is 24.3 Å². The summed E-state index contributed by atoms with van der Waals surface area (Å²) in [6, 6.07) is 15.7. The predicted octanol–water partition coefficient (Wildman–Crippen LogP) is 4.84. The van der Waals surface area contributed by atoms with Gasteiger partial charge in [0.05, 0.1) is 18.2 Å². The molecule has 1 atom stereocenters. The number of benzene rings is 3. The topological polar surface area (TPSA) is 92.8 Å². The first-order valence-corrected chi connectivity index (χ1v) is 11.6. The molecular formula is C27H23F3N2O5. The molecule has 0 aliphatic carbocycles. The molecule has 3 aromatic carbocycles. The molecule has 37 heavy (non-hydrogen) atoms. The lowest BCUT2D eigenvalue weighted by molar-refractivity contribution is -0.274. The van der Waals surface area contributed by atoms with Crippen molar-refractivity contribution in [1.29, 1.82) is 0 Å². The van der Waals surface area contributed by atoms with Gasteiger partial charge in [0.15, 0.2) is 11.5 Å². The first kappa shape index (κ1) is 24.5. The lowest BCUT2D eigenvalue weighted by Crippen LogP contribution is -2.39. The summed E-state index contributed by atoms with van der Waals surface area (Å²) in [6.07, 6.45) is -2.54. The van der Waals surface area contributed by atoms with Crippen LogP contribution in [0.5, 0.6) is 17.2 Å². The lowest BCUT2D eigenvalue weighted by Gasteiger charge is -2.23. The molecule has 0 unspecified atom stereocenters. The molecule has 192 valence electrons. The molecule has 3 N–H and O–H groups in total. The van der Waals surface area contributed by atoms with Crippen molar-refractivity contribution in [3.05, 3.63) is 78.0 Å². The van der Waals surface area contributed by atoms with Crippen LogP contribution in [0.15, 0.2) is 66.9 Å². The Labute approximate surface area is 209 Å². The van der Waals surface area contributed by atoms with Gasteiger partial charge in [-0.15, -0.1) is 13.2 Å². The number of halogens is 3. The van der Waals surface area contributed by atoms with Gasteiger partial charge in [-0.3, -0.25) is 4.79 Å². The Morgan fingerprint density at radius 3 is 2.57 bits per heavy atom. The SMILES string of the molecule is O=C(N[C@@H](CO)Cc1c[nH]c2ccccc12)c1cc(-c2ccc(OC(F)(F)F)cc2)cc2c1OCCO2. The van der Waals surface area contributed by atoms with Crippen molar-refractivity contribution in [1.82, 2.24) is 10.3 Å². The number of aliphatic hydroxyl groups is 1. The summed E-state index contributed by atoms with van der Waals surface area (Å²) in [7, 11) is 0. The highest BCUT2D eigenvalue weighted by Crippen LogP contribution is 2.39. The van der Waals surface area contributed by atoms with E-state index in [0.29, 0.717) is 23.3 Å². The van der Waals surface area contributed by atoms with E-state index in [2.05, 4.69) is 15.0 Å². The third kappa shape index (κ3) is 5.49. The highest BCUT2D eigenvalue weighted by Gasteiger charge is 2.31. The third-order valence-electron chi connectivity index (χ3n) is 6.00. The molecule has 1 aliphatic rings. The maximum absolute atomic E-state index is 13.4. The average molecular weight is 512 g/mol. The van der Waals surface area contributed by atoms with Crippen LogP contribution in [0.25, 0.3) is 22.0 Å². The summed E-state index contributed by atoms with van der Waals surface area (Å²) in [6.45, 7) is 0.260. The minimum atomic E-state index is -4.79. The predicted molar refractivity (Wildman–Crippen MR) is 130 cm³/mol. The van der Waals surface area contributed by atoms with Crippen LogP contribution >= 0.6 is 0 Å². The van der Waals surface area contributed by atoms with Crippen LogP contribution in [0.4, 0.5) is 13.2 Å². The van der Waals surface area contributed by atoms with Crippen molar-refractivity contribution in [3.8, 4) is 28.4 Å². The zero-order valence-corrected chi connectivity index (χ0v) is 19.5. The Morgan fingerprint density at radius 1 is 1.05 bits per heavy atom.